The molecule has 448 valence electrons. The van der Waals surface area contributed by atoms with Crippen molar-refractivity contribution in [2.45, 2.75) is 116 Å². The first-order valence-corrected chi connectivity index (χ1v) is 30.6. The summed E-state index contributed by atoms with van der Waals surface area (Å²) in [5.74, 6) is 0.554. The van der Waals surface area contributed by atoms with Gasteiger partial charge in [0.05, 0.1) is 65.8 Å². The monoisotopic (exact) mass is 1190 g/mol. The Bertz CT molecular complexity index is 4320. The number of nitrogens with one attached hydrogen (secondary N) is 3. The van der Waals surface area contributed by atoms with Crippen molar-refractivity contribution in [3.05, 3.63) is 141 Å². The third kappa shape index (κ3) is 10.9. The van der Waals surface area contributed by atoms with E-state index in [2.05, 4.69) is 61.3 Å². The van der Waals surface area contributed by atoms with Crippen molar-refractivity contribution >= 4 is 78.4 Å². The lowest BCUT2D eigenvalue weighted by molar-refractivity contribution is -0.142. The zero-order chi connectivity index (χ0) is 60.4. The normalized spacial score (nSPS) is 17.6. The molecule has 0 radical (unpaired) electrons. The molecule has 2 amide bonds. The number of aryl methyl sites for hydroxylation is 2. The van der Waals surface area contributed by atoms with Gasteiger partial charge in [-0.1, -0.05) is 62.4 Å². The Hall–Kier alpha value is -8.83. The maximum Gasteiger partial charge on any atom is 0.319 e. The molecule has 7 N–H and O–H groups in total. The quantitative estimate of drug-likeness (QED) is 0.0467. The van der Waals surface area contributed by atoms with E-state index < -0.39 is 41.6 Å². The summed E-state index contributed by atoms with van der Waals surface area (Å²) in [4.78, 5) is 70.1. The standard InChI is InChI=1S/C65H69N13O8S/c1-33(2)57(64(83)77-28-41(80)25-52(77)62(81)71-51(30-79)39-13-15-40(16-14-39)59-35(4)68-32-87-59)78-29-48-44-17-10-37(24-50(44)70-63(82)56(48)75-78)31-85-58-54(53-34(3)9-18-49-47(53)27-69-74-49)45(38-11-12-38)26-46-55(58)72-65(86-42-19-22-84-23-20-42)73-61(46)76(6)36(5)43-8-7-21-67-60(43)66/h7-10,13-18,21,24,26-27,29,32-33,36,38,41-42,51-52,57,79-80H,11-12,19-20,22-23,25,28,30-31H2,1-6H3,(H2,66,67)(H,69,74)(H,70,82)(H,71,81)/t36?,41-,51+,52+,57?/m1/s1. The van der Waals surface area contributed by atoms with Gasteiger partial charge in [0, 0.05) is 83.4 Å². The van der Waals surface area contributed by atoms with Crippen LogP contribution in [-0.2, 0) is 20.9 Å². The number of aromatic amines is 2. The van der Waals surface area contributed by atoms with Crippen LogP contribution in [0.1, 0.15) is 110 Å². The summed E-state index contributed by atoms with van der Waals surface area (Å²) in [7, 11) is 1.99. The molecule has 2 saturated heterocycles. The average molecular weight is 1190 g/mol. The zero-order valence-corrected chi connectivity index (χ0v) is 50.1. The second kappa shape index (κ2) is 23.5. The van der Waals surface area contributed by atoms with Gasteiger partial charge in [-0.3, -0.25) is 24.2 Å². The number of aliphatic hydroxyl groups is 2. The minimum absolute atomic E-state index is 0.00540. The second-order valence-corrected chi connectivity index (χ2v) is 24.5. The van der Waals surface area contributed by atoms with E-state index in [0.717, 1.165) is 78.6 Å². The lowest BCUT2D eigenvalue weighted by Crippen LogP contribution is -2.50. The summed E-state index contributed by atoms with van der Waals surface area (Å²) >= 11 is 1.53. The fourth-order valence-corrected chi connectivity index (χ4v) is 13.4. The van der Waals surface area contributed by atoms with Crippen LogP contribution in [0.2, 0.25) is 0 Å². The Labute approximate surface area is 504 Å². The van der Waals surface area contributed by atoms with Crippen LogP contribution in [0.4, 0.5) is 11.6 Å². The number of thiazole rings is 1. The lowest BCUT2D eigenvalue weighted by atomic mass is 9.89. The van der Waals surface area contributed by atoms with Gasteiger partial charge in [0.2, 0.25) is 11.8 Å². The number of nitrogen functional groups attached to an aromatic ring is 1. The number of nitrogens with zero attached hydrogens (tertiary/aromatic N) is 9. The fourth-order valence-electron chi connectivity index (χ4n) is 12.6. The summed E-state index contributed by atoms with van der Waals surface area (Å²) < 4.78 is 21.2. The van der Waals surface area contributed by atoms with Gasteiger partial charge < -0.3 is 50.3 Å². The number of likely N-dealkylation sites (tertiary alicyclic amines) is 1. The van der Waals surface area contributed by atoms with Gasteiger partial charge in [-0.2, -0.15) is 20.2 Å². The van der Waals surface area contributed by atoms with Crippen LogP contribution in [0.5, 0.6) is 11.8 Å². The van der Waals surface area contributed by atoms with Crippen molar-refractivity contribution in [2.24, 2.45) is 5.92 Å². The molecule has 5 atom stereocenters. The molecule has 2 aliphatic heterocycles. The number of hydrogen-bond donors (Lipinski definition) is 6. The maximum absolute atomic E-state index is 14.9. The SMILES string of the molecule is Cc1ccc2[nH]ncc2c1-c1c(C2CC2)cc2c(N(C)C(C)c3cccnc3N)nc(OC3CCOCC3)nc2c1OCc1ccc2c(c1)[nH]c(=O)c1nn(C(C(=O)N3C[C@H](O)C[C@H]3C(=O)N[C@@H](CO)c3ccc(-c4scnc4C)cc3)C(C)C)cc12. The number of nitrogens with two attached hydrogens (primary N) is 1. The number of amides is 2. The van der Waals surface area contributed by atoms with E-state index in [1.54, 1.807) is 17.9 Å². The molecule has 1 saturated carbocycles. The van der Waals surface area contributed by atoms with Crippen LogP contribution in [0.25, 0.3) is 65.2 Å². The number of hydrogen-bond acceptors (Lipinski definition) is 17. The highest BCUT2D eigenvalue weighted by Gasteiger charge is 2.43. The molecule has 0 bridgehead atoms. The van der Waals surface area contributed by atoms with Crippen LogP contribution >= 0.6 is 11.3 Å². The van der Waals surface area contributed by atoms with Crippen molar-refractivity contribution < 1.29 is 34.0 Å². The molecule has 6 aromatic heterocycles. The van der Waals surface area contributed by atoms with E-state index >= 15 is 0 Å². The fraction of sp³-hybridized carbons (Fsp3) is 0.369. The van der Waals surface area contributed by atoms with Crippen molar-refractivity contribution in [1.29, 1.82) is 0 Å². The van der Waals surface area contributed by atoms with Gasteiger partial charge >= 0.3 is 6.01 Å². The first kappa shape index (κ1) is 57.3. The smallest absolute Gasteiger partial charge is 0.319 e. The summed E-state index contributed by atoms with van der Waals surface area (Å²) in [6.45, 7) is 10.6. The Morgan fingerprint density at radius 1 is 0.931 bits per heavy atom. The molecule has 4 aromatic carbocycles. The summed E-state index contributed by atoms with van der Waals surface area (Å²) in [6.07, 6.45) is 7.47. The molecule has 0 spiro atoms. The number of aliphatic hydroxyl groups excluding tert-OH is 2. The number of benzene rings is 4. The van der Waals surface area contributed by atoms with Crippen LogP contribution in [0.15, 0.2) is 102 Å². The molecule has 3 aliphatic rings. The van der Waals surface area contributed by atoms with E-state index in [1.807, 2.05) is 94.7 Å². The third-order valence-electron chi connectivity index (χ3n) is 17.5. The average Bonchev–Trinajstić information content (AvgIpc) is 1.81. The van der Waals surface area contributed by atoms with E-state index in [0.29, 0.717) is 70.8 Å². The predicted molar refractivity (Wildman–Crippen MR) is 334 cm³/mol. The molecule has 21 nitrogen and oxygen atoms in total. The maximum atomic E-state index is 14.9. The van der Waals surface area contributed by atoms with Crippen LogP contribution in [0, 0.1) is 19.8 Å². The van der Waals surface area contributed by atoms with Crippen molar-refractivity contribution in [1.82, 2.24) is 55.1 Å². The van der Waals surface area contributed by atoms with E-state index in [1.165, 1.54) is 20.9 Å². The van der Waals surface area contributed by atoms with E-state index in [-0.39, 0.29) is 61.7 Å². The number of carbonyl (C=O) groups excluding carboxylic acids is 2. The minimum atomic E-state index is -1.03. The molecule has 87 heavy (non-hydrogen) atoms. The Morgan fingerprint density at radius 3 is 2.47 bits per heavy atom. The van der Waals surface area contributed by atoms with Crippen LogP contribution in [-0.4, -0.2) is 123 Å². The molecule has 10 aromatic rings. The Balaban J connectivity index is 0.844. The first-order chi connectivity index (χ1) is 42.1. The predicted octanol–water partition coefficient (Wildman–Crippen LogP) is 9.30. The van der Waals surface area contributed by atoms with Gasteiger partial charge in [0.15, 0.2) is 11.3 Å². The third-order valence-corrected chi connectivity index (χ3v) is 18.5. The van der Waals surface area contributed by atoms with Gasteiger partial charge in [-0.25, -0.2) is 9.97 Å². The molecular weight excluding hydrogens is 1120 g/mol. The molecule has 3 fully saturated rings. The largest absolute Gasteiger partial charge is 0.486 e. The summed E-state index contributed by atoms with van der Waals surface area (Å²) in [6, 6.07) is 20.7. The topological polar surface area (TPSA) is 278 Å². The number of H-pyrrole nitrogens is 2. The number of rotatable bonds is 18. The van der Waals surface area contributed by atoms with Crippen molar-refractivity contribution in [2.75, 3.05) is 44.0 Å². The number of anilines is 2. The minimum Gasteiger partial charge on any atom is -0.486 e. The number of pyridine rings is 2. The highest BCUT2D eigenvalue weighted by atomic mass is 32.1. The second-order valence-electron chi connectivity index (χ2n) is 23.7. The first-order valence-electron chi connectivity index (χ1n) is 29.7. The molecule has 8 heterocycles. The van der Waals surface area contributed by atoms with Crippen molar-refractivity contribution in [3.63, 3.8) is 0 Å². The Morgan fingerprint density at radius 2 is 1.74 bits per heavy atom. The number of β-amino-alcohol motifs (C(OH)–C–C–N with tert-alkyl or cyclic N) is 1. The summed E-state index contributed by atoms with van der Waals surface area (Å²) in [5.41, 5.74) is 18.2. The van der Waals surface area contributed by atoms with Gasteiger partial charge in [0.25, 0.3) is 5.56 Å². The molecule has 22 heteroatoms. The van der Waals surface area contributed by atoms with E-state index in [9.17, 15) is 24.6 Å². The van der Waals surface area contributed by atoms with Gasteiger partial charge in [0.1, 0.15) is 41.9 Å². The molecular formula is C65H69N13O8S. The highest BCUT2D eigenvalue weighted by Crippen LogP contribution is 2.53. The number of fused-ring (bicyclic) bond motifs is 5. The number of ether oxygens (including phenoxy) is 3. The number of carbonyl (C=O) groups is 2. The zero-order valence-electron chi connectivity index (χ0n) is 49.3. The van der Waals surface area contributed by atoms with Gasteiger partial charge in [-0.15, -0.1) is 11.3 Å². The van der Waals surface area contributed by atoms with Crippen molar-refractivity contribution in [3.8, 4) is 33.3 Å². The van der Waals surface area contributed by atoms with Crippen LogP contribution in [0.3, 0.4) is 0 Å². The van der Waals surface area contributed by atoms with Gasteiger partial charge in [-0.05, 0) is 103 Å². The van der Waals surface area contributed by atoms with E-state index in [4.69, 9.17) is 35.0 Å². The highest BCUT2D eigenvalue weighted by molar-refractivity contribution is 7.13. The number of aromatic nitrogens is 9. The molecule has 2 unspecified atom stereocenters. The molecule has 13 rings (SSSR count). The van der Waals surface area contributed by atoms with Crippen LogP contribution < -0.4 is 31.0 Å². The summed E-state index contributed by atoms with van der Waals surface area (Å²) in [5, 5.41) is 39.8. The lowest BCUT2D eigenvalue weighted by Gasteiger charge is -2.30. The molecule has 1 aliphatic carbocycles. The Kier molecular flexibility index (Phi) is 15.4.